The van der Waals surface area contributed by atoms with Crippen molar-refractivity contribution < 1.29 is 0 Å². The maximum Gasteiger partial charge on any atom is 0.0796 e. The summed E-state index contributed by atoms with van der Waals surface area (Å²) in [5, 5.41) is 8.10. The molecule has 1 aliphatic rings. The van der Waals surface area contributed by atoms with Crippen LogP contribution in [0.2, 0.25) is 0 Å². The third-order valence-electron chi connectivity index (χ3n) is 3.08. The molecule has 0 amide bonds. The second-order valence-corrected chi connectivity index (χ2v) is 5.48. The molecule has 3 heteroatoms. The second-order valence-electron chi connectivity index (χ2n) is 5.48. The first-order chi connectivity index (χ1) is 6.98. The van der Waals surface area contributed by atoms with Gasteiger partial charge in [-0.05, 0) is 25.5 Å². The molecule has 0 radical (unpaired) electrons. The number of aryl methyl sites for hydroxylation is 1. The highest BCUT2D eigenvalue weighted by atomic mass is 15.3. The molecule has 1 aromatic rings. The van der Waals surface area contributed by atoms with Gasteiger partial charge in [0.1, 0.15) is 0 Å². The van der Waals surface area contributed by atoms with Gasteiger partial charge in [0.2, 0.25) is 0 Å². The van der Waals surface area contributed by atoms with E-state index in [-0.39, 0.29) is 5.41 Å². The van der Waals surface area contributed by atoms with Crippen molar-refractivity contribution in [3.8, 4) is 0 Å². The van der Waals surface area contributed by atoms with Crippen LogP contribution in [0.15, 0.2) is 6.07 Å². The Morgan fingerprint density at radius 2 is 2.20 bits per heavy atom. The smallest absolute Gasteiger partial charge is 0.0796 e. The van der Waals surface area contributed by atoms with E-state index >= 15 is 0 Å². The molecule has 0 aromatic carbocycles. The number of hydrogen-bond acceptors (Lipinski definition) is 2. The van der Waals surface area contributed by atoms with Crippen molar-refractivity contribution in [2.75, 3.05) is 6.54 Å². The minimum Gasteiger partial charge on any atom is -0.309 e. The van der Waals surface area contributed by atoms with Crippen LogP contribution >= 0.6 is 0 Å². The zero-order chi connectivity index (χ0) is 11.1. The Kier molecular flexibility index (Phi) is 2.59. The van der Waals surface area contributed by atoms with Gasteiger partial charge in [-0.3, -0.25) is 4.68 Å². The largest absolute Gasteiger partial charge is 0.309 e. The number of hydrogen-bond donors (Lipinski definition) is 1. The normalized spacial score (nSPS) is 22.3. The van der Waals surface area contributed by atoms with Crippen LogP contribution in [0.4, 0.5) is 0 Å². The van der Waals surface area contributed by atoms with E-state index in [4.69, 9.17) is 0 Å². The number of nitrogens with one attached hydrogen (secondary N) is 1. The maximum atomic E-state index is 4.61. The Hall–Kier alpha value is -0.830. The molecular formula is C12H21N3. The predicted molar refractivity (Wildman–Crippen MR) is 61.9 cm³/mol. The van der Waals surface area contributed by atoms with Gasteiger partial charge < -0.3 is 5.32 Å². The molecule has 84 valence electrons. The highest BCUT2D eigenvalue weighted by Gasteiger charge is 2.24. The molecule has 3 nitrogen and oxygen atoms in total. The van der Waals surface area contributed by atoms with Crippen LogP contribution in [0.3, 0.4) is 0 Å². The number of nitrogens with zero attached hydrogens (tertiary/aromatic N) is 2. The molecular weight excluding hydrogens is 186 g/mol. The zero-order valence-electron chi connectivity index (χ0n) is 10.2. The van der Waals surface area contributed by atoms with Gasteiger partial charge in [0, 0.05) is 18.2 Å². The van der Waals surface area contributed by atoms with Crippen LogP contribution in [0.5, 0.6) is 0 Å². The quantitative estimate of drug-likeness (QED) is 0.764. The van der Waals surface area contributed by atoms with E-state index in [0.717, 1.165) is 6.54 Å². The topological polar surface area (TPSA) is 29.9 Å². The van der Waals surface area contributed by atoms with Crippen molar-refractivity contribution in [2.45, 2.75) is 45.1 Å². The summed E-state index contributed by atoms with van der Waals surface area (Å²) in [5.41, 5.74) is 2.70. The third kappa shape index (κ3) is 2.07. The van der Waals surface area contributed by atoms with Gasteiger partial charge in [0.15, 0.2) is 0 Å². The van der Waals surface area contributed by atoms with Crippen LogP contribution in [0.25, 0.3) is 0 Å². The van der Waals surface area contributed by atoms with E-state index in [9.17, 15) is 0 Å². The van der Waals surface area contributed by atoms with Crippen molar-refractivity contribution in [1.82, 2.24) is 15.1 Å². The molecule has 1 aromatic heterocycles. The van der Waals surface area contributed by atoms with E-state index in [1.807, 2.05) is 11.7 Å². The van der Waals surface area contributed by atoms with Crippen LogP contribution in [0, 0.1) is 0 Å². The maximum absolute atomic E-state index is 4.61. The van der Waals surface area contributed by atoms with Gasteiger partial charge in [-0.15, -0.1) is 0 Å². The van der Waals surface area contributed by atoms with Crippen molar-refractivity contribution in [3.63, 3.8) is 0 Å². The highest BCUT2D eigenvalue weighted by Crippen LogP contribution is 2.27. The van der Waals surface area contributed by atoms with Crippen LogP contribution in [-0.2, 0) is 12.5 Å². The van der Waals surface area contributed by atoms with Gasteiger partial charge in [0.25, 0.3) is 0 Å². The summed E-state index contributed by atoms with van der Waals surface area (Å²) < 4.78 is 2.02. The summed E-state index contributed by atoms with van der Waals surface area (Å²) in [5.74, 6) is 0. The molecule has 0 spiro atoms. The van der Waals surface area contributed by atoms with Crippen LogP contribution in [0.1, 0.15) is 51.0 Å². The molecule has 1 aliphatic heterocycles. The van der Waals surface area contributed by atoms with E-state index in [2.05, 4.69) is 37.3 Å². The van der Waals surface area contributed by atoms with Gasteiger partial charge in [-0.1, -0.05) is 20.8 Å². The van der Waals surface area contributed by atoms with E-state index < -0.39 is 0 Å². The highest BCUT2D eigenvalue weighted by molar-refractivity contribution is 5.20. The Balaban J connectivity index is 2.28. The Labute approximate surface area is 91.9 Å². The fourth-order valence-electron chi connectivity index (χ4n) is 2.30. The molecule has 0 aliphatic carbocycles. The lowest BCUT2D eigenvalue weighted by Gasteiger charge is -2.17. The summed E-state index contributed by atoms with van der Waals surface area (Å²) in [6, 6.07) is 2.73. The van der Waals surface area contributed by atoms with Gasteiger partial charge in [-0.2, -0.15) is 5.10 Å². The van der Waals surface area contributed by atoms with Crippen molar-refractivity contribution in [2.24, 2.45) is 7.05 Å². The van der Waals surface area contributed by atoms with Gasteiger partial charge >= 0.3 is 0 Å². The predicted octanol–water partition coefficient (Wildman–Crippen LogP) is 2.14. The van der Waals surface area contributed by atoms with Crippen molar-refractivity contribution in [1.29, 1.82) is 0 Å². The summed E-state index contributed by atoms with van der Waals surface area (Å²) >= 11 is 0. The SMILES string of the molecule is Cn1nc(C2CCCN2)cc1C(C)(C)C. The van der Waals surface area contributed by atoms with Gasteiger partial charge in [-0.25, -0.2) is 0 Å². The first-order valence-electron chi connectivity index (χ1n) is 5.76. The van der Waals surface area contributed by atoms with Crippen molar-refractivity contribution >= 4 is 0 Å². The molecule has 1 N–H and O–H groups in total. The summed E-state index contributed by atoms with van der Waals surface area (Å²) in [6.07, 6.45) is 2.49. The van der Waals surface area contributed by atoms with Crippen molar-refractivity contribution in [3.05, 3.63) is 17.5 Å². The fourth-order valence-corrected chi connectivity index (χ4v) is 2.30. The van der Waals surface area contributed by atoms with E-state index in [0.29, 0.717) is 6.04 Å². The standard InChI is InChI=1S/C12H21N3/c1-12(2,3)11-8-10(14-15(11)4)9-6-5-7-13-9/h8-9,13H,5-7H2,1-4H3. The summed E-state index contributed by atoms with van der Waals surface area (Å²) in [4.78, 5) is 0. The Morgan fingerprint density at radius 1 is 1.47 bits per heavy atom. The minimum atomic E-state index is 0.179. The molecule has 1 atom stereocenters. The summed E-state index contributed by atoms with van der Waals surface area (Å²) in [6.45, 7) is 7.83. The number of rotatable bonds is 1. The fraction of sp³-hybridized carbons (Fsp3) is 0.750. The third-order valence-corrected chi connectivity index (χ3v) is 3.08. The Morgan fingerprint density at radius 3 is 2.67 bits per heavy atom. The molecule has 2 heterocycles. The minimum absolute atomic E-state index is 0.179. The van der Waals surface area contributed by atoms with Gasteiger partial charge in [0.05, 0.1) is 11.7 Å². The molecule has 2 rings (SSSR count). The monoisotopic (exact) mass is 207 g/mol. The molecule has 0 bridgehead atoms. The zero-order valence-corrected chi connectivity index (χ0v) is 10.2. The average Bonchev–Trinajstić information content (AvgIpc) is 2.68. The lowest BCUT2D eigenvalue weighted by atomic mass is 9.91. The average molecular weight is 207 g/mol. The Bertz CT molecular complexity index is 340. The van der Waals surface area contributed by atoms with Crippen LogP contribution < -0.4 is 5.32 Å². The molecule has 15 heavy (non-hydrogen) atoms. The first kappa shape index (κ1) is 10.7. The molecule has 1 saturated heterocycles. The molecule has 1 unspecified atom stereocenters. The van der Waals surface area contributed by atoms with E-state index in [1.165, 1.54) is 24.2 Å². The lowest BCUT2D eigenvalue weighted by Crippen LogP contribution is -2.16. The lowest BCUT2D eigenvalue weighted by molar-refractivity contribution is 0.520. The molecule has 0 saturated carbocycles. The first-order valence-corrected chi connectivity index (χ1v) is 5.76. The van der Waals surface area contributed by atoms with Crippen LogP contribution in [-0.4, -0.2) is 16.3 Å². The van der Waals surface area contributed by atoms with E-state index in [1.54, 1.807) is 0 Å². The molecule has 1 fully saturated rings. The number of aromatic nitrogens is 2. The summed E-state index contributed by atoms with van der Waals surface area (Å²) in [7, 11) is 2.04. The second kappa shape index (κ2) is 3.63.